The van der Waals surface area contributed by atoms with E-state index < -0.39 is 0 Å². The van der Waals surface area contributed by atoms with Crippen molar-refractivity contribution in [2.75, 3.05) is 13.2 Å². The molecule has 1 amide bonds. The van der Waals surface area contributed by atoms with Crippen LogP contribution in [-0.4, -0.2) is 34.9 Å². The van der Waals surface area contributed by atoms with Crippen molar-refractivity contribution in [3.8, 4) is 5.69 Å². The van der Waals surface area contributed by atoms with Crippen molar-refractivity contribution in [3.05, 3.63) is 45.2 Å². The third kappa shape index (κ3) is 5.14. The molecule has 3 rings (SSSR count). The van der Waals surface area contributed by atoms with Gasteiger partial charge in [-0.15, -0.1) is 0 Å². The number of nitrogens with one attached hydrogen (secondary N) is 1. The van der Waals surface area contributed by atoms with E-state index in [-0.39, 0.29) is 17.9 Å². The number of amides is 1. The van der Waals surface area contributed by atoms with Crippen molar-refractivity contribution >= 4 is 29.1 Å². The van der Waals surface area contributed by atoms with Gasteiger partial charge in [0.1, 0.15) is 0 Å². The van der Waals surface area contributed by atoms with Gasteiger partial charge in [-0.05, 0) is 49.3 Å². The lowest BCUT2D eigenvalue weighted by Gasteiger charge is -2.15. The molecule has 158 valence electrons. The summed E-state index contributed by atoms with van der Waals surface area (Å²) in [6.45, 7) is 9.69. The van der Waals surface area contributed by atoms with Gasteiger partial charge in [0.05, 0.1) is 38.8 Å². The third-order valence-corrected chi connectivity index (χ3v) is 5.77. The van der Waals surface area contributed by atoms with Crippen LogP contribution in [0.4, 0.5) is 0 Å². The van der Waals surface area contributed by atoms with E-state index in [1.54, 1.807) is 12.1 Å². The second-order valence-corrected chi connectivity index (χ2v) is 9.13. The summed E-state index contributed by atoms with van der Waals surface area (Å²) in [5.74, 6) is 0.379. The van der Waals surface area contributed by atoms with E-state index in [0.717, 1.165) is 42.9 Å². The maximum absolute atomic E-state index is 13.2. The van der Waals surface area contributed by atoms with E-state index in [0.29, 0.717) is 28.1 Å². The third-order valence-electron chi connectivity index (χ3n) is 5.03. The molecule has 7 heteroatoms. The van der Waals surface area contributed by atoms with E-state index in [4.69, 9.17) is 33.0 Å². The molecule has 0 saturated carbocycles. The molecule has 1 N–H and O–H groups in total. The highest BCUT2D eigenvalue weighted by Crippen LogP contribution is 2.30. The van der Waals surface area contributed by atoms with Crippen LogP contribution < -0.4 is 5.32 Å². The molecule has 1 aliphatic rings. The molecular formula is C22H29Cl2N3O2. The molecule has 1 saturated heterocycles. The van der Waals surface area contributed by atoms with Gasteiger partial charge in [0.15, 0.2) is 0 Å². The molecule has 1 atom stereocenters. The summed E-state index contributed by atoms with van der Waals surface area (Å²) < 4.78 is 7.49. The molecular weight excluding hydrogens is 409 g/mol. The van der Waals surface area contributed by atoms with Gasteiger partial charge < -0.3 is 10.1 Å². The second-order valence-electron chi connectivity index (χ2n) is 8.31. The fraction of sp³-hybridized carbons (Fsp3) is 0.545. The number of carbonyl (C=O) groups is 1. The van der Waals surface area contributed by atoms with Crippen LogP contribution in [0.2, 0.25) is 10.0 Å². The highest BCUT2D eigenvalue weighted by molar-refractivity contribution is 6.42. The number of hydrogen-bond donors (Lipinski definition) is 1. The van der Waals surface area contributed by atoms with Gasteiger partial charge in [0.2, 0.25) is 0 Å². The van der Waals surface area contributed by atoms with Gasteiger partial charge in [-0.3, -0.25) is 4.79 Å². The fourth-order valence-corrected chi connectivity index (χ4v) is 3.99. The number of aromatic nitrogens is 2. The Bertz CT molecular complexity index is 871. The highest BCUT2D eigenvalue weighted by Gasteiger charge is 2.27. The Balaban J connectivity index is 2.02. The Labute approximate surface area is 182 Å². The molecule has 1 fully saturated rings. The smallest absolute Gasteiger partial charge is 0.255 e. The van der Waals surface area contributed by atoms with E-state index >= 15 is 0 Å². The average molecular weight is 438 g/mol. The zero-order chi connectivity index (χ0) is 21.1. The summed E-state index contributed by atoms with van der Waals surface area (Å²) in [5, 5.41) is 8.86. The van der Waals surface area contributed by atoms with Crippen LogP contribution >= 0.6 is 23.2 Å². The monoisotopic (exact) mass is 437 g/mol. The molecule has 2 heterocycles. The van der Waals surface area contributed by atoms with Crippen molar-refractivity contribution in [1.29, 1.82) is 0 Å². The molecule has 0 aliphatic carbocycles. The lowest BCUT2D eigenvalue weighted by Crippen LogP contribution is -2.33. The summed E-state index contributed by atoms with van der Waals surface area (Å²) in [7, 11) is 0. The average Bonchev–Trinajstić information content (AvgIpc) is 3.29. The quantitative estimate of drug-likeness (QED) is 0.629. The molecule has 29 heavy (non-hydrogen) atoms. The predicted molar refractivity (Wildman–Crippen MR) is 118 cm³/mol. The molecule has 1 aromatic carbocycles. The highest BCUT2D eigenvalue weighted by atomic mass is 35.5. The fourth-order valence-electron chi connectivity index (χ4n) is 3.70. The second kappa shape index (κ2) is 9.50. The summed E-state index contributed by atoms with van der Waals surface area (Å²) in [4.78, 5) is 13.2. The molecule has 0 bridgehead atoms. The maximum atomic E-state index is 13.2. The van der Waals surface area contributed by atoms with Crippen LogP contribution in [0.15, 0.2) is 18.2 Å². The zero-order valence-corrected chi connectivity index (χ0v) is 19.0. The van der Waals surface area contributed by atoms with E-state index in [9.17, 15) is 4.79 Å². The van der Waals surface area contributed by atoms with Crippen molar-refractivity contribution in [3.63, 3.8) is 0 Å². The van der Waals surface area contributed by atoms with E-state index in [1.807, 2.05) is 10.7 Å². The van der Waals surface area contributed by atoms with Crippen molar-refractivity contribution in [2.45, 2.75) is 59.0 Å². The Morgan fingerprint density at radius 1 is 1.28 bits per heavy atom. The van der Waals surface area contributed by atoms with Crippen molar-refractivity contribution in [1.82, 2.24) is 15.1 Å². The Kier molecular flexibility index (Phi) is 7.25. The Morgan fingerprint density at radius 2 is 2.03 bits per heavy atom. The molecule has 0 spiro atoms. The zero-order valence-electron chi connectivity index (χ0n) is 17.5. The van der Waals surface area contributed by atoms with Crippen LogP contribution in [-0.2, 0) is 11.2 Å². The summed E-state index contributed by atoms with van der Waals surface area (Å²) in [6, 6.07) is 5.42. The summed E-state index contributed by atoms with van der Waals surface area (Å²) in [5.41, 5.74) is 3.15. The van der Waals surface area contributed by atoms with Crippen LogP contribution in [0.25, 0.3) is 5.69 Å². The van der Waals surface area contributed by atoms with Gasteiger partial charge in [0.25, 0.3) is 5.91 Å². The molecule has 1 aromatic heterocycles. The number of halogens is 2. The molecule has 1 aliphatic heterocycles. The number of hydrogen-bond acceptors (Lipinski definition) is 3. The molecule has 1 unspecified atom stereocenters. The number of carbonyl (C=O) groups excluding carboxylic acids is 1. The van der Waals surface area contributed by atoms with Crippen LogP contribution in [0.3, 0.4) is 0 Å². The predicted octanol–water partition coefficient (Wildman–Crippen LogP) is 5.41. The van der Waals surface area contributed by atoms with Gasteiger partial charge in [0, 0.05) is 13.2 Å². The van der Waals surface area contributed by atoms with Gasteiger partial charge in [-0.1, -0.05) is 50.9 Å². The number of ether oxygens (including phenoxy) is 1. The largest absolute Gasteiger partial charge is 0.376 e. The van der Waals surface area contributed by atoms with Gasteiger partial charge in [-0.25, -0.2) is 4.68 Å². The number of benzene rings is 1. The first kappa shape index (κ1) is 22.1. The van der Waals surface area contributed by atoms with Crippen molar-refractivity contribution < 1.29 is 9.53 Å². The van der Waals surface area contributed by atoms with Crippen LogP contribution in [0.5, 0.6) is 0 Å². The standard InChI is InChI=1S/C22H29Cl2N3O2/c1-13(2)10-19-20(22(28)25-12-16-6-5-9-29-16)21(14(3)4)27(26-19)15-7-8-17(23)18(24)11-15/h7-8,11,13-14,16H,5-6,9-10,12H2,1-4H3,(H,25,28). The van der Waals surface area contributed by atoms with Gasteiger partial charge in [-0.2, -0.15) is 5.10 Å². The minimum Gasteiger partial charge on any atom is -0.376 e. The normalized spacial score (nSPS) is 16.8. The first-order valence-electron chi connectivity index (χ1n) is 10.2. The van der Waals surface area contributed by atoms with E-state index in [2.05, 4.69) is 33.0 Å². The van der Waals surface area contributed by atoms with Crippen LogP contribution in [0.1, 0.15) is 68.2 Å². The first-order chi connectivity index (χ1) is 13.8. The summed E-state index contributed by atoms with van der Waals surface area (Å²) >= 11 is 12.3. The number of nitrogens with zero attached hydrogens (tertiary/aromatic N) is 2. The molecule has 2 aromatic rings. The van der Waals surface area contributed by atoms with Crippen molar-refractivity contribution in [2.24, 2.45) is 5.92 Å². The molecule has 5 nitrogen and oxygen atoms in total. The SMILES string of the molecule is CC(C)Cc1nn(-c2ccc(Cl)c(Cl)c2)c(C(C)C)c1C(=O)NCC1CCCO1. The minimum atomic E-state index is -0.0915. The lowest BCUT2D eigenvalue weighted by atomic mass is 9.98. The van der Waals surface area contributed by atoms with Crippen LogP contribution in [0, 0.1) is 5.92 Å². The maximum Gasteiger partial charge on any atom is 0.255 e. The lowest BCUT2D eigenvalue weighted by molar-refractivity contribution is 0.0855. The topological polar surface area (TPSA) is 56.2 Å². The minimum absolute atomic E-state index is 0.0915. The molecule has 0 radical (unpaired) electrons. The van der Waals surface area contributed by atoms with E-state index in [1.165, 1.54) is 0 Å². The number of rotatable bonds is 7. The Hall–Kier alpha value is -1.56. The summed E-state index contributed by atoms with van der Waals surface area (Å²) in [6.07, 6.45) is 2.85. The Morgan fingerprint density at radius 3 is 2.62 bits per heavy atom. The van der Waals surface area contributed by atoms with Gasteiger partial charge >= 0.3 is 0 Å². The first-order valence-corrected chi connectivity index (χ1v) is 11.0.